The van der Waals surface area contributed by atoms with Gasteiger partial charge in [0.15, 0.2) is 5.13 Å². The molecular formula is C26H24N6O2S2. The minimum atomic E-state index is -3.79. The molecule has 0 saturated heterocycles. The average Bonchev–Trinajstić information content (AvgIpc) is 3.21. The molecule has 0 unspecified atom stereocenters. The van der Waals surface area contributed by atoms with Crippen LogP contribution in [0.5, 0.6) is 0 Å². The normalized spacial score (nSPS) is 11.5. The summed E-state index contributed by atoms with van der Waals surface area (Å²) < 4.78 is 24.5. The maximum atomic E-state index is 11.7. The third kappa shape index (κ3) is 5.51. The van der Waals surface area contributed by atoms with Crippen LogP contribution >= 0.6 is 11.3 Å². The quantitative estimate of drug-likeness (QED) is 0.264. The van der Waals surface area contributed by atoms with E-state index < -0.39 is 10.0 Å². The largest absolute Gasteiger partial charge is 0.324 e. The maximum absolute atomic E-state index is 11.7. The van der Waals surface area contributed by atoms with Gasteiger partial charge >= 0.3 is 0 Å². The molecule has 8 nitrogen and oxygen atoms in total. The molecule has 0 aliphatic rings. The molecule has 182 valence electrons. The molecule has 4 N–H and O–H groups in total. The van der Waals surface area contributed by atoms with Gasteiger partial charge in [0.05, 0.1) is 20.8 Å². The number of hydrogen-bond donors (Lipinski definition) is 3. The Kier molecular flexibility index (Phi) is 6.40. The molecule has 5 rings (SSSR count). The molecule has 0 amide bonds. The number of rotatable bonds is 7. The van der Waals surface area contributed by atoms with Gasteiger partial charge < -0.3 is 10.6 Å². The van der Waals surface area contributed by atoms with Gasteiger partial charge in [-0.1, -0.05) is 47.7 Å². The first-order chi connectivity index (χ1) is 17.2. The predicted molar refractivity (Wildman–Crippen MR) is 145 cm³/mol. The van der Waals surface area contributed by atoms with Gasteiger partial charge in [-0.2, -0.15) is 4.98 Å². The minimum absolute atomic E-state index is 0.0534. The molecule has 0 spiro atoms. The van der Waals surface area contributed by atoms with Gasteiger partial charge in [-0.05, 0) is 60.9 Å². The Morgan fingerprint density at radius 2 is 1.69 bits per heavy atom. The summed E-state index contributed by atoms with van der Waals surface area (Å²) in [7, 11) is -3.79. The second-order valence-corrected chi connectivity index (χ2v) is 11.1. The topological polar surface area (TPSA) is 123 Å². The van der Waals surface area contributed by atoms with Crippen LogP contribution in [-0.2, 0) is 16.4 Å². The van der Waals surface area contributed by atoms with Gasteiger partial charge in [0.1, 0.15) is 5.82 Å². The third-order valence-electron chi connectivity index (χ3n) is 5.56. The number of benzene rings is 3. The van der Waals surface area contributed by atoms with Crippen LogP contribution in [0.4, 0.5) is 22.6 Å². The van der Waals surface area contributed by atoms with Crippen molar-refractivity contribution in [3.8, 4) is 0 Å². The Hall–Kier alpha value is -3.86. The molecule has 5 aromatic rings. The number of aryl methyl sites for hydroxylation is 2. The number of nitrogens with two attached hydrogens (primary N) is 1. The number of nitrogens with one attached hydrogen (secondary N) is 2. The van der Waals surface area contributed by atoms with Crippen molar-refractivity contribution < 1.29 is 8.42 Å². The first-order valence-corrected chi connectivity index (χ1v) is 13.6. The first-order valence-electron chi connectivity index (χ1n) is 11.2. The molecule has 0 bridgehead atoms. The van der Waals surface area contributed by atoms with Crippen molar-refractivity contribution in [1.29, 1.82) is 0 Å². The van der Waals surface area contributed by atoms with E-state index in [4.69, 9.17) is 10.1 Å². The molecular weight excluding hydrogens is 492 g/mol. The lowest BCUT2D eigenvalue weighted by molar-refractivity contribution is 0.597. The Morgan fingerprint density at radius 1 is 0.889 bits per heavy atom. The summed E-state index contributed by atoms with van der Waals surface area (Å²) in [6, 6.07) is 22.8. The number of hydrogen-bond acceptors (Lipinski definition) is 8. The fourth-order valence-electron chi connectivity index (χ4n) is 3.78. The number of anilines is 4. The van der Waals surface area contributed by atoms with E-state index in [2.05, 4.69) is 33.6 Å². The molecule has 0 aliphatic carbocycles. The number of nitrogens with zero attached hydrogens (tertiary/aromatic N) is 3. The van der Waals surface area contributed by atoms with Crippen molar-refractivity contribution in [3.05, 3.63) is 95.2 Å². The Labute approximate surface area is 213 Å². The Balaban J connectivity index is 1.49. The highest BCUT2D eigenvalue weighted by molar-refractivity contribution is 7.89. The van der Waals surface area contributed by atoms with E-state index in [0.717, 1.165) is 26.6 Å². The van der Waals surface area contributed by atoms with E-state index >= 15 is 0 Å². The van der Waals surface area contributed by atoms with Crippen LogP contribution in [-0.4, -0.2) is 23.4 Å². The van der Waals surface area contributed by atoms with E-state index in [0.29, 0.717) is 29.4 Å². The van der Waals surface area contributed by atoms with Gasteiger partial charge in [0, 0.05) is 18.2 Å². The zero-order chi connectivity index (χ0) is 25.3. The molecule has 36 heavy (non-hydrogen) atoms. The standard InChI is InChI=1S/C26H24N6O2S2/c1-16-8-10-22-23(12-16)35-26(30-22)32-24-15-19(14-18-6-4-3-5-7-18)28-25(31-24)29-21-11-9-20(13-17(21)2)36(27,33)34/h3-13,15H,14H2,1-2H3,(H2,27,33,34)(H2,28,29,30,31,32). The summed E-state index contributed by atoms with van der Waals surface area (Å²) in [5, 5.41) is 12.6. The van der Waals surface area contributed by atoms with E-state index in [-0.39, 0.29) is 4.90 Å². The van der Waals surface area contributed by atoms with E-state index in [1.807, 2.05) is 48.5 Å². The molecule has 3 aromatic carbocycles. The van der Waals surface area contributed by atoms with Crippen molar-refractivity contribution in [2.24, 2.45) is 5.14 Å². The second kappa shape index (κ2) is 9.65. The summed E-state index contributed by atoms with van der Waals surface area (Å²) in [5.41, 5.74) is 5.43. The van der Waals surface area contributed by atoms with Gasteiger partial charge in [0.25, 0.3) is 0 Å². The number of aromatic nitrogens is 3. The lowest BCUT2D eigenvalue weighted by Gasteiger charge is -2.12. The van der Waals surface area contributed by atoms with Crippen LogP contribution in [0.3, 0.4) is 0 Å². The fourth-order valence-corrected chi connectivity index (χ4v) is 5.35. The van der Waals surface area contributed by atoms with Crippen LogP contribution in [0.25, 0.3) is 10.2 Å². The van der Waals surface area contributed by atoms with Crippen molar-refractivity contribution >= 4 is 54.2 Å². The zero-order valence-corrected chi connectivity index (χ0v) is 21.3. The molecule has 0 fully saturated rings. The second-order valence-electron chi connectivity index (χ2n) is 8.49. The summed E-state index contributed by atoms with van der Waals surface area (Å²) in [5.74, 6) is 0.988. The molecule has 0 radical (unpaired) electrons. The average molecular weight is 517 g/mol. The van der Waals surface area contributed by atoms with E-state index in [1.54, 1.807) is 24.3 Å². The number of thiazole rings is 1. The molecule has 2 heterocycles. The summed E-state index contributed by atoms with van der Waals surface area (Å²) in [6.07, 6.45) is 0.620. The number of primary sulfonamides is 1. The lowest BCUT2D eigenvalue weighted by atomic mass is 10.1. The zero-order valence-electron chi connectivity index (χ0n) is 19.7. The summed E-state index contributed by atoms with van der Waals surface area (Å²) >= 11 is 1.56. The minimum Gasteiger partial charge on any atom is -0.324 e. The monoisotopic (exact) mass is 516 g/mol. The van der Waals surface area contributed by atoms with Crippen molar-refractivity contribution in [1.82, 2.24) is 15.0 Å². The van der Waals surface area contributed by atoms with Gasteiger partial charge in [0.2, 0.25) is 16.0 Å². The van der Waals surface area contributed by atoms with Crippen LogP contribution in [0.15, 0.2) is 77.7 Å². The fraction of sp³-hybridized carbons (Fsp3) is 0.115. The lowest BCUT2D eigenvalue weighted by Crippen LogP contribution is -2.12. The third-order valence-corrected chi connectivity index (χ3v) is 7.40. The smallest absolute Gasteiger partial charge is 0.238 e. The highest BCUT2D eigenvalue weighted by Gasteiger charge is 2.13. The van der Waals surface area contributed by atoms with Crippen molar-refractivity contribution in [2.45, 2.75) is 25.2 Å². The highest BCUT2D eigenvalue weighted by atomic mass is 32.2. The molecule has 2 aromatic heterocycles. The SMILES string of the molecule is Cc1ccc2nc(Nc3cc(Cc4ccccc4)nc(Nc4ccc(S(N)(=O)=O)cc4C)n3)sc2c1. The van der Waals surface area contributed by atoms with E-state index in [9.17, 15) is 8.42 Å². The van der Waals surface area contributed by atoms with Crippen molar-refractivity contribution in [3.63, 3.8) is 0 Å². The Morgan fingerprint density at radius 3 is 2.44 bits per heavy atom. The summed E-state index contributed by atoms with van der Waals surface area (Å²) in [6.45, 7) is 3.86. The molecule has 10 heteroatoms. The van der Waals surface area contributed by atoms with Crippen LogP contribution in [0.2, 0.25) is 0 Å². The first kappa shape index (κ1) is 23.9. The highest BCUT2D eigenvalue weighted by Crippen LogP contribution is 2.30. The van der Waals surface area contributed by atoms with Crippen LogP contribution < -0.4 is 15.8 Å². The summed E-state index contributed by atoms with van der Waals surface area (Å²) in [4.78, 5) is 14.1. The van der Waals surface area contributed by atoms with Gasteiger partial charge in [-0.15, -0.1) is 0 Å². The van der Waals surface area contributed by atoms with Crippen molar-refractivity contribution in [2.75, 3.05) is 10.6 Å². The number of fused-ring (bicyclic) bond motifs is 1. The molecule has 0 atom stereocenters. The molecule has 0 saturated carbocycles. The maximum Gasteiger partial charge on any atom is 0.238 e. The van der Waals surface area contributed by atoms with E-state index in [1.165, 1.54) is 17.7 Å². The number of sulfonamides is 1. The van der Waals surface area contributed by atoms with Gasteiger partial charge in [-0.25, -0.2) is 23.5 Å². The van der Waals surface area contributed by atoms with Crippen LogP contribution in [0, 0.1) is 13.8 Å². The van der Waals surface area contributed by atoms with Gasteiger partial charge in [-0.3, -0.25) is 0 Å². The van der Waals surface area contributed by atoms with Crippen LogP contribution in [0.1, 0.15) is 22.4 Å². The predicted octanol–water partition coefficient (Wildman–Crippen LogP) is 5.43. The Bertz CT molecular complexity index is 1670. The molecule has 0 aliphatic heterocycles.